The van der Waals surface area contributed by atoms with E-state index in [1.165, 1.54) is 4.31 Å². The van der Waals surface area contributed by atoms with E-state index in [-0.39, 0.29) is 29.8 Å². The van der Waals surface area contributed by atoms with Gasteiger partial charge in [-0.2, -0.15) is 0 Å². The first-order chi connectivity index (χ1) is 21.9. The third kappa shape index (κ3) is 8.63. The summed E-state index contributed by atoms with van der Waals surface area (Å²) in [7, 11) is -4.16. The molecule has 0 saturated heterocycles. The highest BCUT2D eigenvalue weighted by atomic mass is 32.2. The van der Waals surface area contributed by atoms with Crippen molar-refractivity contribution in [2.24, 2.45) is 0 Å². The summed E-state index contributed by atoms with van der Waals surface area (Å²) >= 11 is 0. The molecule has 0 spiro atoms. The predicted octanol–water partition coefficient (Wildman–Crippen LogP) is 6.67. The summed E-state index contributed by atoms with van der Waals surface area (Å²) < 4.78 is 29.8. The standard InChI is InChI=1S/C38H45N3O4S/c1-7-31(6)39-38(43)36(24-32-14-9-8-10-15-32)40(25-33-16-12-11-13-30(33)5)37(42)26-41(34-22-28(3)21-29(4)23-34)46(44,45)35-19-17-27(2)18-20-35/h8-23,31,36H,7,24-26H2,1-6H3,(H,39,43)/t31-,36+/m1/s1. The van der Waals surface area contributed by atoms with Gasteiger partial charge in [0.05, 0.1) is 10.6 Å². The van der Waals surface area contributed by atoms with E-state index in [0.717, 1.165) is 39.8 Å². The Morgan fingerprint density at radius 3 is 2.00 bits per heavy atom. The second-order valence-electron chi connectivity index (χ2n) is 12.1. The van der Waals surface area contributed by atoms with Crippen LogP contribution in [0.5, 0.6) is 0 Å². The number of carbonyl (C=O) groups is 2. The van der Waals surface area contributed by atoms with Crippen LogP contribution in [0.25, 0.3) is 0 Å². The molecule has 46 heavy (non-hydrogen) atoms. The molecule has 2 amide bonds. The highest BCUT2D eigenvalue weighted by Crippen LogP contribution is 2.27. The third-order valence-corrected chi connectivity index (χ3v) is 10.0. The zero-order valence-electron chi connectivity index (χ0n) is 27.7. The molecule has 0 saturated carbocycles. The van der Waals surface area contributed by atoms with Gasteiger partial charge in [0.25, 0.3) is 10.0 Å². The van der Waals surface area contributed by atoms with Crippen LogP contribution in [0.2, 0.25) is 0 Å². The first-order valence-electron chi connectivity index (χ1n) is 15.7. The first kappa shape index (κ1) is 34.4. The molecule has 0 bridgehead atoms. The smallest absolute Gasteiger partial charge is 0.264 e. The lowest BCUT2D eigenvalue weighted by molar-refractivity contribution is -0.140. The van der Waals surface area contributed by atoms with Crippen molar-refractivity contribution in [1.29, 1.82) is 0 Å². The minimum Gasteiger partial charge on any atom is -0.352 e. The van der Waals surface area contributed by atoms with E-state index in [1.54, 1.807) is 41.3 Å². The van der Waals surface area contributed by atoms with Gasteiger partial charge in [0, 0.05) is 19.0 Å². The number of benzene rings is 4. The normalized spacial score (nSPS) is 12.7. The summed E-state index contributed by atoms with van der Waals surface area (Å²) in [6.07, 6.45) is 1.000. The van der Waals surface area contributed by atoms with Gasteiger partial charge in [-0.3, -0.25) is 13.9 Å². The van der Waals surface area contributed by atoms with Gasteiger partial charge in [-0.25, -0.2) is 8.42 Å². The van der Waals surface area contributed by atoms with Gasteiger partial charge in [0.15, 0.2) is 0 Å². The number of anilines is 1. The summed E-state index contributed by atoms with van der Waals surface area (Å²) in [6, 6.07) is 28.5. The van der Waals surface area contributed by atoms with Crippen LogP contribution in [0.15, 0.2) is 102 Å². The molecule has 2 atom stereocenters. The second kappa shape index (κ2) is 15.2. The quantitative estimate of drug-likeness (QED) is 0.177. The van der Waals surface area contributed by atoms with Crippen molar-refractivity contribution in [3.05, 3.63) is 130 Å². The molecule has 0 fully saturated rings. The van der Waals surface area contributed by atoms with Crippen molar-refractivity contribution >= 4 is 27.5 Å². The van der Waals surface area contributed by atoms with Gasteiger partial charge in [-0.05, 0) is 93.1 Å². The molecule has 0 aliphatic carbocycles. The van der Waals surface area contributed by atoms with Gasteiger partial charge in [-0.1, -0.05) is 85.3 Å². The molecule has 0 unspecified atom stereocenters. The minimum absolute atomic E-state index is 0.0888. The van der Waals surface area contributed by atoms with Gasteiger partial charge in [0.1, 0.15) is 12.6 Å². The zero-order chi connectivity index (χ0) is 33.4. The molecule has 7 nitrogen and oxygen atoms in total. The number of hydrogen-bond donors (Lipinski definition) is 1. The Morgan fingerprint density at radius 1 is 0.783 bits per heavy atom. The molecular weight excluding hydrogens is 595 g/mol. The number of sulfonamides is 1. The van der Waals surface area contributed by atoms with Crippen molar-refractivity contribution in [2.75, 3.05) is 10.8 Å². The number of carbonyl (C=O) groups excluding carboxylic acids is 2. The minimum atomic E-state index is -4.16. The van der Waals surface area contributed by atoms with Crippen molar-refractivity contribution in [2.45, 2.75) is 77.9 Å². The number of nitrogens with zero attached hydrogens (tertiary/aromatic N) is 2. The summed E-state index contributed by atoms with van der Waals surface area (Å²) in [5, 5.41) is 3.08. The zero-order valence-corrected chi connectivity index (χ0v) is 28.5. The Kier molecular flexibility index (Phi) is 11.4. The van der Waals surface area contributed by atoms with E-state index in [4.69, 9.17) is 0 Å². The molecule has 0 aromatic heterocycles. The second-order valence-corrected chi connectivity index (χ2v) is 14.0. The fourth-order valence-corrected chi connectivity index (χ4v) is 6.82. The number of hydrogen-bond acceptors (Lipinski definition) is 4. The molecule has 4 rings (SSSR count). The fraction of sp³-hybridized carbons (Fsp3) is 0.316. The lowest BCUT2D eigenvalue weighted by Crippen LogP contribution is -2.54. The third-order valence-electron chi connectivity index (χ3n) is 8.26. The Hall–Kier alpha value is -4.43. The molecule has 8 heteroatoms. The number of aryl methyl sites for hydroxylation is 4. The average molecular weight is 640 g/mol. The van der Waals surface area contributed by atoms with Crippen LogP contribution < -0.4 is 9.62 Å². The van der Waals surface area contributed by atoms with Gasteiger partial charge in [0.2, 0.25) is 11.8 Å². The van der Waals surface area contributed by atoms with Crippen LogP contribution in [-0.4, -0.2) is 43.8 Å². The summed E-state index contributed by atoms with van der Waals surface area (Å²) in [5.41, 5.74) is 5.81. The fourth-order valence-electron chi connectivity index (χ4n) is 5.43. The topological polar surface area (TPSA) is 86.8 Å². The Labute approximate surface area is 274 Å². The van der Waals surface area contributed by atoms with Crippen molar-refractivity contribution in [3.8, 4) is 0 Å². The van der Waals surface area contributed by atoms with E-state index in [9.17, 15) is 18.0 Å². The van der Waals surface area contributed by atoms with E-state index in [0.29, 0.717) is 5.69 Å². The highest BCUT2D eigenvalue weighted by Gasteiger charge is 2.35. The summed E-state index contributed by atoms with van der Waals surface area (Å²) in [4.78, 5) is 30.3. The molecule has 0 radical (unpaired) electrons. The van der Waals surface area contributed by atoms with E-state index >= 15 is 0 Å². The molecule has 4 aromatic carbocycles. The van der Waals surface area contributed by atoms with Gasteiger partial charge >= 0.3 is 0 Å². The summed E-state index contributed by atoms with van der Waals surface area (Å²) in [6.45, 7) is 11.2. The van der Waals surface area contributed by atoms with Crippen molar-refractivity contribution in [3.63, 3.8) is 0 Å². The lowest BCUT2D eigenvalue weighted by atomic mass is 10.0. The van der Waals surface area contributed by atoms with E-state index < -0.39 is 28.5 Å². The highest BCUT2D eigenvalue weighted by molar-refractivity contribution is 7.92. The average Bonchev–Trinajstić information content (AvgIpc) is 3.02. The maximum atomic E-state index is 14.7. The lowest BCUT2D eigenvalue weighted by Gasteiger charge is -2.34. The summed E-state index contributed by atoms with van der Waals surface area (Å²) in [5.74, 6) is -0.752. The molecule has 4 aromatic rings. The number of nitrogens with one attached hydrogen (secondary N) is 1. The largest absolute Gasteiger partial charge is 0.352 e. The van der Waals surface area contributed by atoms with E-state index in [1.807, 2.05) is 102 Å². The van der Waals surface area contributed by atoms with Crippen LogP contribution in [-0.2, 0) is 32.6 Å². The number of rotatable bonds is 13. The van der Waals surface area contributed by atoms with Crippen LogP contribution in [0, 0.1) is 27.7 Å². The SMILES string of the molecule is CC[C@@H](C)NC(=O)[C@H](Cc1ccccc1)N(Cc1ccccc1C)C(=O)CN(c1cc(C)cc(C)c1)S(=O)(=O)c1ccc(C)cc1. The van der Waals surface area contributed by atoms with Crippen molar-refractivity contribution in [1.82, 2.24) is 10.2 Å². The maximum Gasteiger partial charge on any atom is 0.264 e. The molecule has 242 valence electrons. The maximum absolute atomic E-state index is 14.7. The molecule has 0 aliphatic rings. The van der Waals surface area contributed by atoms with Crippen LogP contribution in [0.1, 0.15) is 53.6 Å². The Balaban J connectivity index is 1.84. The van der Waals surface area contributed by atoms with Crippen LogP contribution in [0.3, 0.4) is 0 Å². The van der Waals surface area contributed by atoms with Gasteiger partial charge in [-0.15, -0.1) is 0 Å². The predicted molar refractivity (Wildman–Crippen MR) is 185 cm³/mol. The Bertz CT molecular complexity index is 1730. The van der Waals surface area contributed by atoms with Gasteiger partial charge < -0.3 is 10.2 Å². The molecule has 1 N–H and O–H groups in total. The van der Waals surface area contributed by atoms with E-state index in [2.05, 4.69) is 5.32 Å². The Morgan fingerprint density at radius 2 is 1.39 bits per heavy atom. The van der Waals surface area contributed by atoms with Crippen LogP contribution >= 0.6 is 0 Å². The van der Waals surface area contributed by atoms with Crippen LogP contribution in [0.4, 0.5) is 5.69 Å². The first-order valence-corrected chi connectivity index (χ1v) is 17.2. The molecule has 0 heterocycles. The number of amides is 2. The molecule has 0 aliphatic heterocycles. The van der Waals surface area contributed by atoms with Crippen molar-refractivity contribution < 1.29 is 18.0 Å². The monoisotopic (exact) mass is 639 g/mol. The molecular formula is C38H45N3O4S.